The van der Waals surface area contributed by atoms with Gasteiger partial charge >= 0.3 is 0 Å². The summed E-state index contributed by atoms with van der Waals surface area (Å²) >= 11 is 0. The second-order valence-electron chi connectivity index (χ2n) is 2.73. The largest absolute Gasteiger partial charge is 0.404 e. The molecule has 0 rings (SSSR count). The lowest BCUT2D eigenvalue weighted by atomic mass is 10.1. The van der Waals surface area contributed by atoms with E-state index in [4.69, 9.17) is 5.73 Å². The summed E-state index contributed by atoms with van der Waals surface area (Å²) in [6.07, 6.45) is 4.43. The molecule has 2 N–H and O–H groups in total. The van der Waals surface area contributed by atoms with Crippen LogP contribution < -0.4 is 5.73 Å². The molecule has 0 fully saturated rings. The first-order valence-electron chi connectivity index (χ1n) is 3.53. The fraction of sp³-hybridized carbons (Fsp3) is 0.625. The van der Waals surface area contributed by atoms with Gasteiger partial charge in [-0.1, -0.05) is 13.8 Å². The van der Waals surface area contributed by atoms with Crippen molar-refractivity contribution in [2.75, 3.05) is 7.05 Å². The van der Waals surface area contributed by atoms with E-state index in [2.05, 4.69) is 18.8 Å². The van der Waals surface area contributed by atoms with Crippen molar-refractivity contribution < 1.29 is 0 Å². The first-order chi connectivity index (χ1) is 4.70. The first-order valence-corrected chi connectivity index (χ1v) is 3.53. The molecule has 0 heterocycles. The summed E-state index contributed by atoms with van der Waals surface area (Å²) in [5, 5.41) is 0. The normalized spacial score (nSPS) is 13.4. The smallest absolute Gasteiger partial charge is 0.0277 e. The van der Waals surface area contributed by atoms with Gasteiger partial charge in [-0.2, -0.15) is 0 Å². The van der Waals surface area contributed by atoms with Gasteiger partial charge in [-0.05, 0) is 24.1 Å². The molecule has 0 aliphatic heterocycles. The highest BCUT2D eigenvalue weighted by molar-refractivity contribution is 5.78. The number of hydrogen-bond acceptors (Lipinski definition) is 2. The topological polar surface area (TPSA) is 38.4 Å². The molecule has 0 aromatic carbocycles. The highest BCUT2D eigenvalue weighted by Gasteiger charge is 1.96. The van der Waals surface area contributed by atoms with E-state index in [1.54, 1.807) is 19.5 Å². The van der Waals surface area contributed by atoms with Crippen LogP contribution in [0.2, 0.25) is 0 Å². The Hall–Kier alpha value is -0.790. The molecule has 0 aromatic rings. The molecule has 0 aliphatic rings. The predicted octanol–water partition coefficient (Wildman–Crippen LogP) is 1.58. The van der Waals surface area contributed by atoms with Crippen molar-refractivity contribution in [1.29, 1.82) is 0 Å². The van der Waals surface area contributed by atoms with Crippen molar-refractivity contribution >= 4 is 6.21 Å². The molecule has 0 unspecified atom stereocenters. The highest BCUT2D eigenvalue weighted by Crippen LogP contribution is 2.06. The van der Waals surface area contributed by atoms with Gasteiger partial charge in [0.1, 0.15) is 0 Å². The Morgan fingerprint density at radius 3 is 2.50 bits per heavy atom. The molecule has 0 aromatic heterocycles. The van der Waals surface area contributed by atoms with Crippen molar-refractivity contribution in [2.24, 2.45) is 16.6 Å². The number of nitrogens with two attached hydrogens (primary N) is 1. The summed E-state index contributed by atoms with van der Waals surface area (Å²) in [5.74, 6) is 0.646. The number of rotatable bonds is 3. The van der Waals surface area contributed by atoms with Gasteiger partial charge in [-0.25, -0.2) is 0 Å². The lowest BCUT2D eigenvalue weighted by Gasteiger charge is -2.02. The van der Waals surface area contributed by atoms with Gasteiger partial charge in [-0.15, -0.1) is 0 Å². The minimum atomic E-state index is 0.646. The number of hydrogen-bond donors (Lipinski definition) is 1. The van der Waals surface area contributed by atoms with Gasteiger partial charge in [0.05, 0.1) is 0 Å². The molecule has 0 amide bonds. The van der Waals surface area contributed by atoms with Gasteiger partial charge in [0.15, 0.2) is 0 Å². The maximum absolute atomic E-state index is 5.35. The van der Waals surface area contributed by atoms with Gasteiger partial charge in [0.25, 0.3) is 0 Å². The monoisotopic (exact) mass is 140 g/mol. The summed E-state index contributed by atoms with van der Waals surface area (Å²) in [6, 6.07) is 0. The van der Waals surface area contributed by atoms with Gasteiger partial charge in [0, 0.05) is 13.3 Å². The predicted molar refractivity (Wildman–Crippen MR) is 46.1 cm³/mol. The Morgan fingerprint density at radius 2 is 2.20 bits per heavy atom. The van der Waals surface area contributed by atoms with Crippen LogP contribution >= 0.6 is 0 Å². The van der Waals surface area contributed by atoms with Gasteiger partial charge < -0.3 is 5.73 Å². The summed E-state index contributed by atoms with van der Waals surface area (Å²) < 4.78 is 0. The third-order valence-electron chi connectivity index (χ3n) is 1.15. The molecule has 2 heteroatoms. The van der Waals surface area contributed by atoms with Crippen molar-refractivity contribution in [2.45, 2.75) is 20.3 Å². The van der Waals surface area contributed by atoms with Crippen molar-refractivity contribution in [3.05, 3.63) is 11.8 Å². The first kappa shape index (κ1) is 9.21. The maximum Gasteiger partial charge on any atom is 0.0277 e. The Labute approximate surface area is 62.8 Å². The third-order valence-corrected chi connectivity index (χ3v) is 1.15. The van der Waals surface area contributed by atoms with Crippen molar-refractivity contribution in [1.82, 2.24) is 0 Å². The summed E-state index contributed by atoms with van der Waals surface area (Å²) in [4.78, 5) is 3.89. The van der Waals surface area contributed by atoms with E-state index >= 15 is 0 Å². The molecular formula is C8H16N2. The molecule has 0 spiro atoms. The number of aliphatic imine (C=N–C) groups is 1. The summed E-state index contributed by atoms with van der Waals surface area (Å²) in [5.41, 5.74) is 6.46. The maximum atomic E-state index is 5.35. The van der Waals surface area contributed by atoms with Crippen LogP contribution in [0.5, 0.6) is 0 Å². The zero-order valence-electron chi connectivity index (χ0n) is 6.96. The standard InChI is InChI=1S/C8H16N2/c1-7(2)4-8(5-9)6-10-3/h5-7H,4,9H2,1-3H3. The van der Waals surface area contributed by atoms with Gasteiger partial charge in [-0.3, -0.25) is 4.99 Å². The lowest BCUT2D eigenvalue weighted by molar-refractivity contribution is 0.654. The van der Waals surface area contributed by atoms with Crippen LogP contribution in [0.15, 0.2) is 16.8 Å². The average Bonchev–Trinajstić information content (AvgIpc) is 1.86. The Morgan fingerprint density at radius 1 is 1.60 bits per heavy atom. The van der Waals surface area contributed by atoms with Crippen LogP contribution in [0.25, 0.3) is 0 Å². The van der Waals surface area contributed by atoms with Crippen LogP contribution in [0.1, 0.15) is 20.3 Å². The second kappa shape index (κ2) is 5.03. The van der Waals surface area contributed by atoms with Gasteiger partial charge in [0.2, 0.25) is 0 Å². The lowest BCUT2D eigenvalue weighted by Crippen LogP contribution is -1.96. The molecule has 10 heavy (non-hydrogen) atoms. The fourth-order valence-electron chi connectivity index (χ4n) is 0.801. The number of allylic oxidation sites excluding steroid dienone is 1. The van der Waals surface area contributed by atoms with E-state index in [1.165, 1.54) is 0 Å². The number of nitrogens with zero attached hydrogens (tertiary/aromatic N) is 1. The minimum absolute atomic E-state index is 0.646. The molecule has 0 aliphatic carbocycles. The molecule has 2 nitrogen and oxygen atoms in total. The third kappa shape index (κ3) is 4.13. The molecule has 0 radical (unpaired) electrons. The zero-order chi connectivity index (χ0) is 7.98. The Bertz CT molecular complexity index is 134. The van der Waals surface area contributed by atoms with Crippen molar-refractivity contribution in [3.8, 4) is 0 Å². The Balaban J connectivity index is 3.86. The van der Waals surface area contributed by atoms with Crippen LogP contribution in [-0.4, -0.2) is 13.3 Å². The molecule has 58 valence electrons. The molecule has 0 bridgehead atoms. The van der Waals surface area contributed by atoms with Crippen molar-refractivity contribution in [3.63, 3.8) is 0 Å². The second-order valence-corrected chi connectivity index (χ2v) is 2.73. The summed E-state index contributed by atoms with van der Waals surface area (Å²) in [6.45, 7) is 4.32. The van der Waals surface area contributed by atoms with E-state index in [-0.39, 0.29) is 0 Å². The minimum Gasteiger partial charge on any atom is -0.404 e. The van der Waals surface area contributed by atoms with E-state index in [9.17, 15) is 0 Å². The molecule has 0 saturated carbocycles. The van der Waals surface area contributed by atoms with Crippen LogP contribution in [0, 0.1) is 5.92 Å². The van der Waals surface area contributed by atoms with Crippen LogP contribution in [-0.2, 0) is 0 Å². The van der Waals surface area contributed by atoms with E-state index in [0.717, 1.165) is 12.0 Å². The molecule has 0 atom stereocenters. The quantitative estimate of drug-likeness (QED) is 0.594. The molecule has 0 saturated heterocycles. The average molecular weight is 140 g/mol. The summed E-state index contributed by atoms with van der Waals surface area (Å²) in [7, 11) is 1.75. The van der Waals surface area contributed by atoms with E-state index in [1.807, 2.05) is 0 Å². The fourth-order valence-corrected chi connectivity index (χ4v) is 0.801. The van der Waals surface area contributed by atoms with Crippen LogP contribution in [0.4, 0.5) is 0 Å². The SMILES string of the molecule is CN=CC(=CN)CC(C)C. The Kier molecular flexibility index (Phi) is 4.63. The highest BCUT2D eigenvalue weighted by atomic mass is 14.6. The van der Waals surface area contributed by atoms with E-state index in [0.29, 0.717) is 5.92 Å². The zero-order valence-corrected chi connectivity index (χ0v) is 6.96. The van der Waals surface area contributed by atoms with E-state index < -0.39 is 0 Å². The molecular weight excluding hydrogens is 124 g/mol. The van der Waals surface area contributed by atoms with Crippen LogP contribution in [0.3, 0.4) is 0 Å².